The van der Waals surface area contributed by atoms with E-state index in [9.17, 15) is 9.90 Å². The first-order valence-electron chi connectivity index (χ1n) is 7.05. The Labute approximate surface area is 142 Å². The standard InChI is InChI=1S/C16H15N3O2S2/c20-15(13-6-7-22-11-13)10-19(9-12-4-2-1-3-5-12)16(21)14-8-17-23-18-14/h1-8,11,15,20H,9-10H2. The van der Waals surface area contributed by atoms with E-state index in [-0.39, 0.29) is 12.5 Å². The molecule has 3 rings (SSSR count). The Morgan fingerprint density at radius 1 is 1.26 bits per heavy atom. The molecule has 2 heterocycles. The number of aromatic nitrogens is 2. The summed E-state index contributed by atoms with van der Waals surface area (Å²) in [6, 6.07) is 11.6. The van der Waals surface area contributed by atoms with Gasteiger partial charge in [-0.2, -0.15) is 20.1 Å². The average Bonchev–Trinajstić information content (AvgIpc) is 3.27. The summed E-state index contributed by atoms with van der Waals surface area (Å²) in [6.07, 6.45) is 0.739. The van der Waals surface area contributed by atoms with Gasteiger partial charge in [0.25, 0.3) is 5.91 Å². The molecule has 0 saturated carbocycles. The van der Waals surface area contributed by atoms with Gasteiger partial charge in [-0.25, -0.2) is 0 Å². The molecule has 1 unspecified atom stereocenters. The lowest BCUT2D eigenvalue weighted by atomic mass is 10.1. The molecule has 1 N–H and O–H groups in total. The summed E-state index contributed by atoms with van der Waals surface area (Å²) in [4.78, 5) is 14.2. The number of carbonyl (C=O) groups is 1. The molecule has 2 aromatic heterocycles. The van der Waals surface area contributed by atoms with Crippen LogP contribution in [0.3, 0.4) is 0 Å². The topological polar surface area (TPSA) is 66.3 Å². The summed E-state index contributed by atoms with van der Waals surface area (Å²) in [5.74, 6) is -0.225. The van der Waals surface area contributed by atoms with Crippen LogP contribution < -0.4 is 0 Å². The molecule has 0 aliphatic heterocycles. The summed E-state index contributed by atoms with van der Waals surface area (Å²) in [6.45, 7) is 0.625. The van der Waals surface area contributed by atoms with Gasteiger partial charge < -0.3 is 10.0 Å². The highest BCUT2D eigenvalue weighted by atomic mass is 32.1. The third-order valence-corrected chi connectivity index (χ3v) is 4.58. The van der Waals surface area contributed by atoms with E-state index in [4.69, 9.17) is 0 Å². The maximum absolute atomic E-state index is 12.6. The smallest absolute Gasteiger partial charge is 0.275 e. The lowest BCUT2D eigenvalue weighted by Gasteiger charge is -2.24. The molecule has 0 aliphatic carbocycles. The van der Waals surface area contributed by atoms with Crippen LogP contribution in [0.5, 0.6) is 0 Å². The van der Waals surface area contributed by atoms with Crippen molar-refractivity contribution in [3.05, 3.63) is 70.2 Å². The van der Waals surface area contributed by atoms with Crippen LogP contribution in [0, 0.1) is 0 Å². The van der Waals surface area contributed by atoms with Gasteiger partial charge in [0.05, 0.1) is 30.6 Å². The molecule has 23 heavy (non-hydrogen) atoms. The van der Waals surface area contributed by atoms with Crippen molar-refractivity contribution < 1.29 is 9.90 Å². The first-order valence-corrected chi connectivity index (χ1v) is 8.72. The zero-order chi connectivity index (χ0) is 16.1. The monoisotopic (exact) mass is 345 g/mol. The summed E-state index contributed by atoms with van der Waals surface area (Å²) in [7, 11) is 0. The predicted octanol–water partition coefficient (Wildman–Crippen LogP) is 2.98. The van der Waals surface area contributed by atoms with Crippen LogP contribution in [0.2, 0.25) is 0 Å². The van der Waals surface area contributed by atoms with E-state index in [0.717, 1.165) is 22.9 Å². The van der Waals surface area contributed by atoms with Crippen LogP contribution in [0.1, 0.15) is 27.7 Å². The van der Waals surface area contributed by atoms with E-state index in [0.29, 0.717) is 12.2 Å². The first kappa shape index (κ1) is 15.8. The number of rotatable bonds is 6. The quantitative estimate of drug-likeness (QED) is 0.746. The minimum Gasteiger partial charge on any atom is -0.387 e. The van der Waals surface area contributed by atoms with Crippen molar-refractivity contribution >= 4 is 29.0 Å². The van der Waals surface area contributed by atoms with Gasteiger partial charge in [-0.15, -0.1) is 0 Å². The molecule has 1 atom stereocenters. The number of carbonyl (C=O) groups excluding carboxylic acids is 1. The number of aliphatic hydroxyl groups excluding tert-OH is 1. The largest absolute Gasteiger partial charge is 0.387 e. The minimum absolute atomic E-state index is 0.210. The molecule has 0 radical (unpaired) electrons. The minimum atomic E-state index is -0.722. The molecule has 0 fully saturated rings. The Morgan fingerprint density at radius 2 is 2.09 bits per heavy atom. The molecule has 1 aromatic carbocycles. The molecule has 0 spiro atoms. The molecule has 0 aliphatic rings. The van der Waals surface area contributed by atoms with Crippen molar-refractivity contribution in [2.24, 2.45) is 0 Å². The highest BCUT2D eigenvalue weighted by Crippen LogP contribution is 2.19. The van der Waals surface area contributed by atoms with Gasteiger partial charge in [0.2, 0.25) is 0 Å². The van der Waals surface area contributed by atoms with Gasteiger partial charge >= 0.3 is 0 Å². The summed E-state index contributed by atoms with van der Waals surface area (Å²) >= 11 is 2.52. The molecular formula is C16H15N3O2S2. The fourth-order valence-electron chi connectivity index (χ4n) is 2.22. The summed E-state index contributed by atoms with van der Waals surface area (Å²) in [5.41, 5.74) is 2.13. The zero-order valence-electron chi connectivity index (χ0n) is 12.2. The SMILES string of the molecule is O=C(c1cnsn1)N(Cc1ccccc1)CC(O)c1ccsc1. The Kier molecular flexibility index (Phi) is 5.12. The third kappa shape index (κ3) is 4.01. The van der Waals surface area contributed by atoms with Gasteiger partial charge in [0.15, 0.2) is 5.69 Å². The maximum Gasteiger partial charge on any atom is 0.275 e. The van der Waals surface area contributed by atoms with Crippen molar-refractivity contribution in [1.82, 2.24) is 13.6 Å². The molecule has 5 nitrogen and oxygen atoms in total. The fourth-order valence-corrected chi connectivity index (χ4v) is 3.34. The second-order valence-corrected chi connectivity index (χ2v) is 6.37. The number of hydrogen-bond acceptors (Lipinski definition) is 6. The van der Waals surface area contributed by atoms with E-state index in [1.54, 1.807) is 4.90 Å². The molecule has 1 amide bonds. The Morgan fingerprint density at radius 3 is 2.74 bits per heavy atom. The normalized spacial score (nSPS) is 12.0. The van der Waals surface area contributed by atoms with Gasteiger partial charge in [0, 0.05) is 6.54 Å². The van der Waals surface area contributed by atoms with Gasteiger partial charge in [-0.3, -0.25) is 4.79 Å². The Balaban J connectivity index is 1.79. The van der Waals surface area contributed by atoms with Crippen molar-refractivity contribution in [1.29, 1.82) is 0 Å². The number of hydrogen-bond donors (Lipinski definition) is 1. The fraction of sp³-hybridized carbons (Fsp3) is 0.188. The predicted molar refractivity (Wildman–Crippen MR) is 90.4 cm³/mol. The highest BCUT2D eigenvalue weighted by Gasteiger charge is 2.22. The molecule has 0 bridgehead atoms. The summed E-state index contributed by atoms with van der Waals surface area (Å²) < 4.78 is 7.89. The average molecular weight is 345 g/mol. The second kappa shape index (κ2) is 7.45. The Hall–Kier alpha value is -2.09. The molecule has 118 valence electrons. The molecular weight excluding hydrogens is 330 g/mol. The van der Waals surface area contributed by atoms with Crippen LogP contribution in [-0.4, -0.2) is 31.2 Å². The second-order valence-electron chi connectivity index (χ2n) is 5.04. The maximum atomic E-state index is 12.6. The number of amides is 1. The van der Waals surface area contributed by atoms with E-state index in [2.05, 4.69) is 8.75 Å². The van der Waals surface area contributed by atoms with Crippen LogP contribution >= 0.6 is 23.1 Å². The lowest BCUT2D eigenvalue weighted by molar-refractivity contribution is 0.0600. The van der Waals surface area contributed by atoms with Crippen molar-refractivity contribution in [3.8, 4) is 0 Å². The third-order valence-electron chi connectivity index (χ3n) is 3.41. The highest BCUT2D eigenvalue weighted by molar-refractivity contribution is 7.08. The Bertz CT molecular complexity index is 730. The molecule has 0 saturated heterocycles. The van der Waals surface area contributed by atoms with Gasteiger partial charge in [-0.1, -0.05) is 30.3 Å². The number of thiophene rings is 1. The van der Waals surface area contributed by atoms with E-state index >= 15 is 0 Å². The van der Waals surface area contributed by atoms with Crippen LogP contribution in [0.4, 0.5) is 0 Å². The zero-order valence-corrected chi connectivity index (χ0v) is 13.8. The molecule has 3 aromatic rings. The first-order chi connectivity index (χ1) is 11.2. The summed E-state index contributed by atoms with van der Waals surface area (Å²) in [5, 5.41) is 14.2. The number of aliphatic hydroxyl groups is 1. The van der Waals surface area contributed by atoms with Crippen LogP contribution in [0.15, 0.2) is 53.4 Å². The van der Waals surface area contributed by atoms with Crippen molar-refractivity contribution in [2.75, 3.05) is 6.54 Å². The van der Waals surface area contributed by atoms with E-state index in [1.807, 2.05) is 47.2 Å². The van der Waals surface area contributed by atoms with Crippen molar-refractivity contribution in [2.45, 2.75) is 12.6 Å². The van der Waals surface area contributed by atoms with Crippen LogP contribution in [-0.2, 0) is 6.54 Å². The lowest BCUT2D eigenvalue weighted by Crippen LogP contribution is -2.34. The van der Waals surface area contributed by atoms with Gasteiger partial charge in [0.1, 0.15) is 0 Å². The van der Waals surface area contributed by atoms with Crippen LogP contribution in [0.25, 0.3) is 0 Å². The van der Waals surface area contributed by atoms with Gasteiger partial charge in [-0.05, 0) is 28.0 Å². The van der Waals surface area contributed by atoms with Crippen molar-refractivity contribution in [3.63, 3.8) is 0 Å². The van der Waals surface area contributed by atoms with E-state index in [1.165, 1.54) is 17.5 Å². The number of benzene rings is 1. The number of nitrogens with zero attached hydrogens (tertiary/aromatic N) is 3. The van der Waals surface area contributed by atoms with E-state index < -0.39 is 6.10 Å². The molecule has 7 heteroatoms.